The largest absolute Gasteiger partial charge is 0.480 e. The highest BCUT2D eigenvalue weighted by Gasteiger charge is 2.38. The Labute approximate surface area is 282 Å². The zero-order chi connectivity index (χ0) is 36.1. The zero-order valence-corrected chi connectivity index (χ0v) is 27.0. The van der Waals surface area contributed by atoms with Gasteiger partial charge in [0.1, 0.15) is 23.2 Å². The number of carbonyl (C=O) groups excluding carboxylic acids is 1. The van der Waals surface area contributed by atoms with Gasteiger partial charge in [0.15, 0.2) is 0 Å². The Hall–Kier alpha value is -5.84. The summed E-state index contributed by atoms with van der Waals surface area (Å²) in [5.74, 6) is -5.17. The first-order valence-corrected chi connectivity index (χ1v) is 15.5. The molecule has 254 valence electrons. The third-order valence-electron chi connectivity index (χ3n) is 8.93. The summed E-state index contributed by atoms with van der Waals surface area (Å²) in [5, 5.41) is 12.6. The number of para-hydroxylation sites is 1. The van der Waals surface area contributed by atoms with E-state index in [1.165, 1.54) is 61.6 Å². The maximum absolute atomic E-state index is 15.3. The van der Waals surface area contributed by atoms with Gasteiger partial charge in [0.2, 0.25) is 0 Å². The average molecular weight is 685 g/mol. The minimum Gasteiger partial charge on any atom is -0.480 e. The summed E-state index contributed by atoms with van der Waals surface area (Å²) in [7, 11) is 1.38. The van der Waals surface area contributed by atoms with Crippen LogP contribution in [-0.2, 0) is 24.4 Å². The normalized spacial score (nSPS) is 12.3. The number of carbonyl (C=O) groups is 2. The monoisotopic (exact) mass is 684 g/mol. The molecule has 0 aliphatic carbocycles. The fourth-order valence-electron chi connectivity index (χ4n) is 6.67. The van der Waals surface area contributed by atoms with Crippen molar-refractivity contribution < 1.29 is 36.6 Å². The fraction of sp³-hybridized carbons (Fsp3) is 0.154. The van der Waals surface area contributed by atoms with E-state index in [1.54, 1.807) is 38.1 Å². The molecule has 0 aliphatic heterocycles. The molecular formula is C39H29F5N2O4. The lowest BCUT2D eigenvalue weighted by Crippen LogP contribution is -2.43. The first-order chi connectivity index (χ1) is 23.7. The number of aryl methyl sites for hydroxylation is 3. The predicted molar refractivity (Wildman–Crippen MR) is 181 cm³/mol. The number of fused-ring (bicyclic) bond motifs is 2. The van der Waals surface area contributed by atoms with E-state index in [-0.39, 0.29) is 27.4 Å². The molecule has 0 saturated carbocycles. The van der Waals surface area contributed by atoms with Gasteiger partial charge in [0.05, 0.1) is 16.6 Å². The molecule has 1 atom stereocenters. The summed E-state index contributed by atoms with van der Waals surface area (Å²) in [5.41, 5.74) is -0.790. The lowest BCUT2D eigenvalue weighted by molar-refractivity contribution is -0.139. The van der Waals surface area contributed by atoms with Crippen molar-refractivity contribution in [1.82, 2.24) is 9.88 Å². The fourth-order valence-corrected chi connectivity index (χ4v) is 6.67. The van der Waals surface area contributed by atoms with Crippen LogP contribution in [0.15, 0.2) is 95.8 Å². The Kier molecular flexibility index (Phi) is 8.77. The molecule has 50 heavy (non-hydrogen) atoms. The second kappa shape index (κ2) is 12.9. The number of amides is 1. The molecular weight excluding hydrogens is 655 g/mol. The van der Waals surface area contributed by atoms with Crippen LogP contribution in [0.5, 0.6) is 0 Å². The molecule has 1 heterocycles. The number of aromatic nitrogens is 1. The summed E-state index contributed by atoms with van der Waals surface area (Å²) >= 11 is 0. The second-order valence-corrected chi connectivity index (χ2v) is 12.1. The Bertz CT molecular complexity index is 2370. The van der Waals surface area contributed by atoms with Crippen molar-refractivity contribution in [2.24, 2.45) is 7.05 Å². The van der Waals surface area contributed by atoms with Crippen molar-refractivity contribution in [3.63, 3.8) is 0 Å². The average Bonchev–Trinajstić information content (AvgIpc) is 3.05. The van der Waals surface area contributed by atoms with E-state index in [4.69, 9.17) is 0 Å². The third-order valence-corrected chi connectivity index (χ3v) is 8.93. The molecule has 1 amide bonds. The molecule has 0 saturated heterocycles. The number of alkyl halides is 3. The number of nitrogens with one attached hydrogen (secondary N) is 1. The number of aliphatic carboxylic acids is 1. The van der Waals surface area contributed by atoms with E-state index in [1.807, 2.05) is 0 Å². The molecule has 0 aliphatic rings. The maximum Gasteiger partial charge on any atom is 0.417 e. The second-order valence-electron chi connectivity index (χ2n) is 12.1. The molecule has 2 N–H and O–H groups in total. The lowest BCUT2D eigenvalue weighted by atomic mass is 9.90. The lowest BCUT2D eigenvalue weighted by Gasteiger charge is -2.20. The van der Waals surface area contributed by atoms with E-state index >= 15 is 8.78 Å². The number of carboxylic acids is 1. The van der Waals surface area contributed by atoms with Crippen LogP contribution >= 0.6 is 0 Å². The molecule has 0 unspecified atom stereocenters. The van der Waals surface area contributed by atoms with Crippen molar-refractivity contribution in [3.8, 4) is 22.3 Å². The van der Waals surface area contributed by atoms with E-state index in [2.05, 4.69) is 5.32 Å². The predicted octanol–water partition coefficient (Wildman–Crippen LogP) is 8.37. The molecule has 0 bridgehead atoms. The van der Waals surface area contributed by atoms with Crippen LogP contribution in [0.2, 0.25) is 0 Å². The highest BCUT2D eigenvalue weighted by atomic mass is 19.4. The van der Waals surface area contributed by atoms with Gasteiger partial charge in [0.25, 0.3) is 11.5 Å². The summed E-state index contributed by atoms with van der Waals surface area (Å²) in [6.45, 7) is 3.56. The zero-order valence-electron chi connectivity index (χ0n) is 27.0. The van der Waals surface area contributed by atoms with E-state index in [0.29, 0.717) is 16.5 Å². The van der Waals surface area contributed by atoms with Gasteiger partial charge in [-0.1, -0.05) is 72.8 Å². The molecule has 5 aromatic carbocycles. The molecule has 0 spiro atoms. The minimum absolute atomic E-state index is 0.0212. The van der Waals surface area contributed by atoms with Crippen LogP contribution in [0.25, 0.3) is 43.9 Å². The van der Waals surface area contributed by atoms with Gasteiger partial charge in [-0.3, -0.25) is 9.59 Å². The van der Waals surface area contributed by atoms with E-state index in [9.17, 15) is 32.7 Å². The Balaban J connectivity index is 1.39. The summed E-state index contributed by atoms with van der Waals surface area (Å²) in [4.78, 5) is 39.1. The van der Waals surface area contributed by atoms with Gasteiger partial charge < -0.3 is 15.0 Å². The molecule has 0 fully saturated rings. The van der Waals surface area contributed by atoms with Gasteiger partial charge in [-0.05, 0) is 76.2 Å². The highest BCUT2D eigenvalue weighted by Crippen LogP contribution is 2.42. The SMILES string of the molecule is Cc1cccc(C)c1-c1cc(F)c(C(=O)N[C@@H](Cc2cccc3c(-c4c(C(F)(F)F)c5ccccc5n(C)c4=O)cccc23)C(=O)O)c(F)c1. The van der Waals surface area contributed by atoms with Gasteiger partial charge >= 0.3 is 12.1 Å². The summed E-state index contributed by atoms with van der Waals surface area (Å²) in [6.07, 6.45) is -5.30. The molecule has 6 aromatic rings. The van der Waals surface area contributed by atoms with Gasteiger partial charge in [-0.2, -0.15) is 13.2 Å². The molecule has 0 radical (unpaired) electrons. The van der Waals surface area contributed by atoms with Crippen LogP contribution in [0, 0.1) is 25.5 Å². The van der Waals surface area contributed by atoms with Crippen molar-refractivity contribution in [2.75, 3.05) is 0 Å². The van der Waals surface area contributed by atoms with Crippen LogP contribution in [0.4, 0.5) is 22.0 Å². The summed E-state index contributed by atoms with van der Waals surface area (Å²) < 4.78 is 75.8. The van der Waals surface area contributed by atoms with Crippen molar-refractivity contribution in [1.29, 1.82) is 0 Å². The third kappa shape index (κ3) is 5.99. The molecule has 6 nitrogen and oxygen atoms in total. The molecule has 11 heteroatoms. The first kappa shape index (κ1) is 34.0. The number of rotatable bonds is 7. The topological polar surface area (TPSA) is 88.4 Å². The number of hydrogen-bond donors (Lipinski definition) is 2. The smallest absolute Gasteiger partial charge is 0.417 e. The number of benzene rings is 5. The van der Waals surface area contributed by atoms with Crippen molar-refractivity contribution in [3.05, 3.63) is 141 Å². The first-order valence-electron chi connectivity index (χ1n) is 15.5. The van der Waals surface area contributed by atoms with Crippen LogP contribution in [0.1, 0.15) is 32.6 Å². The number of halogens is 5. The molecule has 6 rings (SSSR count). The van der Waals surface area contributed by atoms with Gasteiger partial charge in [0, 0.05) is 18.9 Å². The maximum atomic E-state index is 15.3. The quantitative estimate of drug-likeness (QED) is 0.166. The van der Waals surface area contributed by atoms with Gasteiger partial charge in [-0.25, -0.2) is 13.6 Å². The standard InChI is InChI=1S/C39H29F5N2O4/c1-20-9-6-10-21(2)32(20)23-17-28(40)34(29(41)18-23)36(47)45-30(38(49)50)19-22-11-7-14-25-24(22)13-8-15-26(25)33-35(39(42,43)44)27-12-4-5-16-31(27)46(3)37(33)48/h4-18,30H,19H2,1-3H3,(H,45,47)(H,49,50)/t30-/m0/s1. The van der Waals surface area contributed by atoms with Crippen LogP contribution in [0.3, 0.4) is 0 Å². The van der Waals surface area contributed by atoms with Gasteiger partial charge in [-0.15, -0.1) is 0 Å². The minimum atomic E-state index is -4.90. The van der Waals surface area contributed by atoms with Crippen molar-refractivity contribution >= 4 is 33.6 Å². The van der Waals surface area contributed by atoms with E-state index in [0.717, 1.165) is 27.8 Å². The highest BCUT2D eigenvalue weighted by molar-refractivity contribution is 6.02. The number of hydrogen-bond acceptors (Lipinski definition) is 3. The molecule has 1 aromatic heterocycles. The van der Waals surface area contributed by atoms with Crippen LogP contribution < -0.4 is 10.9 Å². The summed E-state index contributed by atoms with van der Waals surface area (Å²) in [6, 6.07) is 20.3. The van der Waals surface area contributed by atoms with Crippen molar-refractivity contribution in [2.45, 2.75) is 32.5 Å². The number of pyridine rings is 1. The van der Waals surface area contributed by atoms with Crippen LogP contribution in [-0.4, -0.2) is 27.6 Å². The Morgan fingerprint density at radius 2 is 1.38 bits per heavy atom. The van der Waals surface area contributed by atoms with E-state index < -0.39 is 64.4 Å². The number of nitrogens with zero attached hydrogens (tertiary/aromatic N) is 1. The Morgan fingerprint density at radius 1 is 0.800 bits per heavy atom. The Morgan fingerprint density at radius 3 is 2.02 bits per heavy atom. The number of carboxylic acid groups (broad SMARTS) is 1.